The van der Waals surface area contributed by atoms with E-state index in [2.05, 4.69) is 55.5 Å². The molecule has 6 heteroatoms. The van der Waals surface area contributed by atoms with Crippen molar-refractivity contribution in [3.63, 3.8) is 0 Å². The number of carbonyl (C=O) groups is 1. The van der Waals surface area contributed by atoms with Crippen LogP contribution in [0.15, 0.2) is 41.4 Å². The molecule has 0 saturated heterocycles. The smallest absolute Gasteiger partial charge is 0.221 e. The Morgan fingerprint density at radius 2 is 1.90 bits per heavy atom. The summed E-state index contributed by atoms with van der Waals surface area (Å²) in [5, 5.41) is 12.7. The third-order valence-electron chi connectivity index (χ3n) is 2.60. The van der Waals surface area contributed by atoms with Gasteiger partial charge >= 0.3 is 0 Å². The molecule has 2 aromatic rings. The first-order chi connectivity index (χ1) is 9.95. The SMILES string of the molecule is CC(=O)Nc1ccc(N=Cc2cc(I)cc(I)c2O)cc1. The Kier molecular flexibility index (Phi) is 5.57. The summed E-state index contributed by atoms with van der Waals surface area (Å²) < 4.78 is 1.83. The van der Waals surface area contributed by atoms with Gasteiger partial charge in [-0.3, -0.25) is 9.79 Å². The number of nitrogens with one attached hydrogen (secondary N) is 1. The molecule has 0 fully saturated rings. The van der Waals surface area contributed by atoms with E-state index in [0.29, 0.717) is 5.56 Å². The van der Waals surface area contributed by atoms with Crippen LogP contribution in [0.4, 0.5) is 11.4 Å². The number of aromatic hydroxyl groups is 1. The minimum atomic E-state index is -0.107. The van der Waals surface area contributed by atoms with Gasteiger partial charge in [0.2, 0.25) is 5.91 Å². The number of rotatable bonds is 3. The Hall–Kier alpha value is -1.16. The zero-order valence-electron chi connectivity index (χ0n) is 11.1. The number of nitrogens with zero attached hydrogens (tertiary/aromatic N) is 1. The lowest BCUT2D eigenvalue weighted by molar-refractivity contribution is -0.114. The zero-order chi connectivity index (χ0) is 15.4. The number of aliphatic imine (C=N–C) groups is 1. The molecule has 0 aliphatic rings. The van der Waals surface area contributed by atoms with Gasteiger partial charge in [0.15, 0.2) is 0 Å². The molecule has 0 saturated carbocycles. The zero-order valence-corrected chi connectivity index (χ0v) is 15.4. The second-order valence-corrected chi connectivity index (χ2v) is 6.72. The summed E-state index contributed by atoms with van der Waals surface area (Å²) in [5.41, 5.74) is 2.16. The number of anilines is 1. The van der Waals surface area contributed by atoms with Gasteiger partial charge in [-0.05, 0) is 81.6 Å². The summed E-state index contributed by atoms with van der Waals surface area (Å²) in [5.74, 6) is 0.124. The van der Waals surface area contributed by atoms with Gasteiger partial charge in [-0.2, -0.15) is 0 Å². The number of carbonyl (C=O) groups excluding carboxylic acids is 1. The highest BCUT2D eigenvalue weighted by atomic mass is 127. The Balaban J connectivity index is 2.20. The molecule has 2 N–H and O–H groups in total. The first-order valence-corrected chi connectivity index (χ1v) is 8.21. The summed E-state index contributed by atoms with van der Waals surface area (Å²) in [4.78, 5) is 15.3. The molecule has 4 nitrogen and oxygen atoms in total. The second-order valence-electron chi connectivity index (χ2n) is 4.31. The standard InChI is InChI=1S/C15H12I2N2O2/c1-9(20)19-13-4-2-12(3-5-13)18-8-10-6-11(16)7-14(17)15(10)21/h2-8,21H,1H3,(H,19,20). The van der Waals surface area contributed by atoms with Crippen molar-refractivity contribution in [3.8, 4) is 5.75 Å². The van der Waals surface area contributed by atoms with Crippen molar-refractivity contribution in [1.82, 2.24) is 0 Å². The van der Waals surface area contributed by atoms with E-state index in [9.17, 15) is 9.90 Å². The highest BCUT2D eigenvalue weighted by Crippen LogP contribution is 2.26. The van der Waals surface area contributed by atoms with E-state index in [-0.39, 0.29) is 11.7 Å². The highest BCUT2D eigenvalue weighted by Gasteiger charge is 2.05. The summed E-state index contributed by atoms with van der Waals surface area (Å²) in [6, 6.07) is 10.9. The largest absolute Gasteiger partial charge is 0.506 e. The summed E-state index contributed by atoms with van der Waals surface area (Å²) in [6.07, 6.45) is 1.63. The quantitative estimate of drug-likeness (QED) is 0.482. The Morgan fingerprint density at radius 3 is 2.52 bits per heavy atom. The van der Waals surface area contributed by atoms with Crippen LogP contribution in [0.3, 0.4) is 0 Å². The first-order valence-electron chi connectivity index (χ1n) is 6.05. The highest BCUT2D eigenvalue weighted by molar-refractivity contribution is 14.1. The Morgan fingerprint density at radius 1 is 1.24 bits per heavy atom. The van der Waals surface area contributed by atoms with Gasteiger partial charge in [0.25, 0.3) is 0 Å². The molecule has 2 rings (SSSR count). The molecule has 0 heterocycles. The number of hydrogen-bond acceptors (Lipinski definition) is 3. The van der Waals surface area contributed by atoms with Crippen LogP contribution in [-0.4, -0.2) is 17.2 Å². The molecule has 0 bridgehead atoms. The van der Waals surface area contributed by atoms with E-state index in [1.165, 1.54) is 6.92 Å². The number of halogens is 2. The molecule has 0 radical (unpaired) electrons. The molecule has 0 unspecified atom stereocenters. The number of hydrogen-bond donors (Lipinski definition) is 2. The van der Waals surface area contributed by atoms with Crippen LogP contribution in [0.25, 0.3) is 0 Å². The normalized spacial score (nSPS) is 10.8. The number of phenolic OH excluding ortho intramolecular Hbond substituents is 1. The monoisotopic (exact) mass is 506 g/mol. The van der Waals surface area contributed by atoms with Gasteiger partial charge in [-0.25, -0.2) is 0 Å². The lowest BCUT2D eigenvalue weighted by Crippen LogP contribution is -2.04. The maximum Gasteiger partial charge on any atom is 0.221 e. The van der Waals surface area contributed by atoms with E-state index in [1.54, 1.807) is 30.5 Å². The topological polar surface area (TPSA) is 61.7 Å². The molecule has 2 aromatic carbocycles. The van der Waals surface area contributed by atoms with Crippen LogP contribution in [0.1, 0.15) is 12.5 Å². The van der Waals surface area contributed by atoms with Crippen molar-refractivity contribution in [3.05, 3.63) is 49.1 Å². The number of phenols is 1. The van der Waals surface area contributed by atoms with E-state index < -0.39 is 0 Å². The molecule has 0 atom stereocenters. The average molecular weight is 506 g/mol. The summed E-state index contributed by atoms with van der Waals surface area (Å²) in [7, 11) is 0. The van der Waals surface area contributed by atoms with Crippen molar-refractivity contribution < 1.29 is 9.90 Å². The van der Waals surface area contributed by atoms with Crippen molar-refractivity contribution in [2.75, 3.05) is 5.32 Å². The fourth-order valence-electron chi connectivity index (χ4n) is 1.66. The first kappa shape index (κ1) is 16.2. The van der Waals surface area contributed by atoms with Crippen LogP contribution in [0, 0.1) is 7.14 Å². The van der Waals surface area contributed by atoms with Gasteiger partial charge in [-0.15, -0.1) is 0 Å². The minimum Gasteiger partial charge on any atom is -0.506 e. The molecule has 0 aliphatic carbocycles. The number of benzene rings is 2. The van der Waals surface area contributed by atoms with Crippen molar-refractivity contribution in [2.45, 2.75) is 6.92 Å². The second kappa shape index (κ2) is 7.21. The summed E-state index contributed by atoms with van der Waals surface area (Å²) >= 11 is 4.29. The molecule has 1 amide bonds. The molecule has 108 valence electrons. The lowest BCUT2D eigenvalue weighted by Gasteiger charge is -2.03. The van der Waals surface area contributed by atoms with Crippen LogP contribution in [0.2, 0.25) is 0 Å². The molecule has 0 aromatic heterocycles. The average Bonchev–Trinajstić information content (AvgIpc) is 2.42. The van der Waals surface area contributed by atoms with Crippen molar-refractivity contribution in [1.29, 1.82) is 0 Å². The minimum absolute atomic E-state index is 0.107. The predicted octanol–water partition coefficient (Wildman–Crippen LogP) is 4.31. The van der Waals surface area contributed by atoms with Gasteiger partial charge < -0.3 is 10.4 Å². The van der Waals surface area contributed by atoms with Crippen molar-refractivity contribution >= 4 is 68.7 Å². The maximum atomic E-state index is 10.9. The van der Waals surface area contributed by atoms with Crippen LogP contribution in [-0.2, 0) is 4.79 Å². The van der Waals surface area contributed by atoms with Crippen molar-refractivity contribution in [2.24, 2.45) is 4.99 Å². The number of amides is 1. The molecule has 21 heavy (non-hydrogen) atoms. The lowest BCUT2D eigenvalue weighted by atomic mass is 10.2. The van der Waals surface area contributed by atoms with Crippen LogP contribution < -0.4 is 5.32 Å². The fraction of sp³-hybridized carbons (Fsp3) is 0.0667. The molecular weight excluding hydrogens is 494 g/mol. The third kappa shape index (κ3) is 4.67. The van der Waals surface area contributed by atoms with Crippen LogP contribution in [0.5, 0.6) is 5.75 Å². The third-order valence-corrected chi connectivity index (χ3v) is 4.04. The van der Waals surface area contributed by atoms with E-state index >= 15 is 0 Å². The van der Waals surface area contributed by atoms with Gasteiger partial charge in [0.05, 0.1) is 9.26 Å². The van der Waals surface area contributed by atoms with Gasteiger partial charge in [0.1, 0.15) is 5.75 Å². The Bertz CT molecular complexity index is 698. The van der Waals surface area contributed by atoms with Gasteiger partial charge in [-0.1, -0.05) is 0 Å². The maximum absolute atomic E-state index is 10.9. The molecular formula is C15H12I2N2O2. The van der Waals surface area contributed by atoms with E-state index in [0.717, 1.165) is 18.5 Å². The summed E-state index contributed by atoms with van der Waals surface area (Å²) in [6.45, 7) is 1.47. The fourth-order valence-corrected chi connectivity index (χ4v) is 3.55. The molecule has 0 aliphatic heterocycles. The van der Waals surface area contributed by atoms with E-state index in [1.807, 2.05) is 12.1 Å². The van der Waals surface area contributed by atoms with Gasteiger partial charge in [0, 0.05) is 28.0 Å². The predicted molar refractivity (Wildman–Crippen MR) is 102 cm³/mol. The van der Waals surface area contributed by atoms with Crippen LogP contribution >= 0.6 is 45.2 Å². The Labute approximate surface area is 150 Å². The molecule has 0 spiro atoms. The van der Waals surface area contributed by atoms with E-state index in [4.69, 9.17) is 0 Å².